The van der Waals surface area contributed by atoms with E-state index in [-0.39, 0.29) is 10.1 Å². The third-order valence-corrected chi connectivity index (χ3v) is 6.62. The molecule has 0 aromatic carbocycles. The Kier molecular flexibility index (Phi) is 3.58. The summed E-state index contributed by atoms with van der Waals surface area (Å²) >= 11 is 4.38. The lowest BCUT2D eigenvalue weighted by molar-refractivity contribution is -0.126. The molecule has 0 spiro atoms. The van der Waals surface area contributed by atoms with E-state index in [4.69, 9.17) is 0 Å². The fourth-order valence-corrected chi connectivity index (χ4v) is 5.38. The minimum absolute atomic E-state index is 0.254. The first-order valence-corrected chi connectivity index (χ1v) is 8.03. The lowest BCUT2D eigenvalue weighted by Gasteiger charge is -2.31. The van der Waals surface area contributed by atoms with E-state index in [0.29, 0.717) is 13.1 Å². The number of hydrogen-bond donors (Lipinski definition) is 1. The van der Waals surface area contributed by atoms with Gasteiger partial charge in [-0.25, -0.2) is 8.42 Å². The fourth-order valence-electron chi connectivity index (χ4n) is 1.64. The van der Waals surface area contributed by atoms with Crippen molar-refractivity contribution in [1.82, 2.24) is 9.62 Å². The van der Waals surface area contributed by atoms with E-state index in [9.17, 15) is 13.2 Å². The molecule has 0 radical (unpaired) electrons. The van der Waals surface area contributed by atoms with Gasteiger partial charge in [-0.05, 0) is 35.0 Å². The molecule has 0 aliphatic carbocycles. The highest BCUT2D eigenvalue weighted by molar-refractivity contribution is 9.11. The molecule has 8 heteroatoms. The summed E-state index contributed by atoms with van der Waals surface area (Å²) in [5, 5.41) is 2.64. The normalized spacial score (nSPS) is 22.5. The molecule has 94 valence electrons. The summed E-state index contributed by atoms with van der Waals surface area (Å²) in [7, 11) is -3.56. The average Bonchev–Trinajstić information content (AvgIpc) is 2.69. The van der Waals surface area contributed by atoms with Gasteiger partial charge in [-0.3, -0.25) is 4.79 Å². The second-order valence-corrected chi connectivity index (χ2v) is 8.22. The second-order valence-electron chi connectivity index (χ2n) is 3.64. The van der Waals surface area contributed by atoms with Crippen molar-refractivity contribution < 1.29 is 13.2 Å². The van der Waals surface area contributed by atoms with Crippen LogP contribution >= 0.6 is 27.3 Å². The summed E-state index contributed by atoms with van der Waals surface area (Å²) in [6.07, 6.45) is 0. The Morgan fingerprint density at radius 3 is 2.82 bits per heavy atom. The summed E-state index contributed by atoms with van der Waals surface area (Å²) in [6.45, 7) is 2.26. The van der Waals surface area contributed by atoms with E-state index in [1.165, 1.54) is 4.31 Å². The molecule has 1 aromatic rings. The van der Waals surface area contributed by atoms with Crippen LogP contribution in [0.5, 0.6) is 0 Å². The van der Waals surface area contributed by atoms with Gasteiger partial charge in [0.15, 0.2) is 0 Å². The number of piperazine rings is 1. The quantitative estimate of drug-likeness (QED) is 0.875. The van der Waals surface area contributed by atoms with Gasteiger partial charge < -0.3 is 5.32 Å². The number of carbonyl (C=O) groups is 1. The summed E-state index contributed by atoms with van der Waals surface area (Å²) < 4.78 is 26.8. The molecule has 0 unspecified atom stereocenters. The lowest BCUT2D eigenvalue weighted by Crippen LogP contribution is -2.55. The lowest BCUT2D eigenvalue weighted by atomic mass is 10.2. The van der Waals surface area contributed by atoms with E-state index < -0.39 is 16.1 Å². The standard InChI is InChI=1S/C9H11BrN2O3S2/c1-6-9(13)11-4-5-12(6)17(14,15)8-3-2-7(10)16-8/h2-3,6H,4-5H2,1H3,(H,11,13)/t6-/m1/s1. The molecular formula is C9H11BrN2O3S2. The van der Waals surface area contributed by atoms with Crippen LogP contribution in [0.2, 0.25) is 0 Å². The monoisotopic (exact) mass is 338 g/mol. The van der Waals surface area contributed by atoms with Crippen LogP contribution in [0.25, 0.3) is 0 Å². The number of rotatable bonds is 2. The third-order valence-electron chi connectivity index (χ3n) is 2.55. The number of nitrogens with zero attached hydrogens (tertiary/aromatic N) is 1. The zero-order valence-electron chi connectivity index (χ0n) is 9.01. The smallest absolute Gasteiger partial charge is 0.253 e. The Morgan fingerprint density at radius 1 is 1.53 bits per heavy atom. The van der Waals surface area contributed by atoms with Crippen molar-refractivity contribution in [3.05, 3.63) is 15.9 Å². The van der Waals surface area contributed by atoms with Crippen LogP contribution < -0.4 is 5.32 Å². The number of carbonyl (C=O) groups excluding carboxylic acids is 1. The van der Waals surface area contributed by atoms with Crippen molar-refractivity contribution in [2.75, 3.05) is 13.1 Å². The van der Waals surface area contributed by atoms with Crippen molar-refractivity contribution in [2.24, 2.45) is 0 Å². The number of hydrogen-bond acceptors (Lipinski definition) is 4. The number of halogens is 1. The van der Waals surface area contributed by atoms with Crippen LogP contribution in [0.15, 0.2) is 20.1 Å². The number of sulfonamides is 1. The maximum absolute atomic E-state index is 12.3. The van der Waals surface area contributed by atoms with E-state index >= 15 is 0 Å². The molecule has 1 amide bonds. The molecule has 5 nitrogen and oxygen atoms in total. The van der Waals surface area contributed by atoms with Crippen molar-refractivity contribution >= 4 is 43.2 Å². The van der Waals surface area contributed by atoms with Gasteiger partial charge in [0.25, 0.3) is 10.0 Å². The topological polar surface area (TPSA) is 66.5 Å². The predicted octanol–water partition coefficient (Wildman–Crippen LogP) is 1.02. The summed E-state index contributed by atoms with van der Waals surface area (Å²) in [6, 6.07) is 2.57. The molecule has 1 aliphatic rings. The highest BCUT2D eigenvalue weighted by Gasteiger charge is 2.36. The average molecular weight is 339 g/mol. The Labute approximate surface area is 112 Å². The van der Waals surface area contributed by atoms with Crippen LogP contribution in [0.3, 0.4) is 0 Å². The Hall–Kier alpha value is -0.440. The molecule has 1 atom stereocenters. The SMILES string of the molecule is C[C@@H]1C(=O)NCCN1S(=O)(=O)c1ccc(Br)s1. The molecule has 17 heavy (non-hydrogen) atoms. The predicted molar refractivity (Wildman–Crippen MR) is 68.4 cm³/mol. The van der Waals surface area contributed by atoms with Gasteiger partial charge in [0.2, 0.25) is 5.91 Å². The number of thiophene rings is 1. The summed E-state index contributed by atoms with van der Waals surface area (Å²) in [5.74, 6) is -0.254. The van der Waals surface area contributed by atoms with Gasteiger partial charge >= 0.3 is 0 Å². The maximum Gasteiger partial charge on any atom is 0.253 e. The zero-order chi connectivity index (χ0) is 12.6. The molecule has 2 rings (SSSR count). The first-order chi connectivity index (χ1) is 7.93. The number of amides is 1. The molecular weight excluding hydrogens is 328 g/mol. The van der Waals surface area contributed by atoms with E-state index in [1.807, 2.05) is 0 Å². The molecule has 0 bridgehead atoms. The van der Waals surface area contributed by atoms with Crippen LogP contribution in [0.4, 0.5) is 0 Å². The Morgan fingerprint density at radius 2 is 2.24 bits per heavy atom. The van der Waals surface area contributed by atoms with E-state index in [1.54, 1.807) is 19.1 Å². The van der Waals surface area contributed by atoms with Crippen molar-refractivity contribution in [3.63, 3.8) is 0 Å². The van der Waals surface area contributed by atoms with Gasteiger partial charge in [0, 0.05) is 13.1 Å². The van der Waals surface area contributed by atoms with Crippen molar-refractivity contribution in [1.29, 1.82) is 0 Å². The summed E-state index contributed by atoms with van der Waals surface area (Å²) in [4.78, 5) is 11.5. The van der Waals surface area contributed by atoms with Crippen molar-refractivity contribution in [2.45, 2.75) is 17.2 Å². The van der Waals surface area contributed by atoms with Crippen LogP contribution in [0, 0.1) is 0 Å². The minimum Gasteiger partial charge on any atom is -0.353 e. The maximum atomic E-state index is 12.3. The minimum atomic E-state index is -3.56. The molecule has 2 heterocycles. The molecule has 1 aliphatic heterocycles. The largest absolute Gasteiger partial charge is 0.353 e. The third kappa shape index (κ3) is 2.40. The van der Waals surface area contributed by atoms with Crippen LogP contribution in [-0.2, 0) is 14.8 Å². The fraction of sp³-hybridized carbons (Fsp3) is 0.444. The Balaban J connectivity index is 2.35. The van der Waals surface area contributed by atoms with Gasteiger partial charge in [0.05, 0.1) is 3.79 Å². The highest BCUT2D eigenvalue weighted by atomic mass is 79.9. The van der Waals surface area contributed by atoms with Crippen LogP contribution in [-0.4, -0.2) is 37.8 Å². The highest BCUT2D eigenvalue weighted by Crippen LogP contribution is 2.29. The first-order valence-electron chi connectivity index (χ1n) is 4.98. The van der Waals surface area contributed by atoms with Gasteiger partial charge in [-0.1, -0.05) is 0 Å². The molecule has 0 saturated carbocycles. The number of nitrogens with one attached hydrogen (secondary N) is 1. The summed E-state index contributed by atoms with van der Waals surface area (Å²) in [5.41, 5.74) is 0. The van der Waals surface area contributed by atoms with Gasteiger partial charge in [-0.2, -0.15) is 4.31 Å². The van der Waals surface area contributed by atoms with E-state index in [0.717, 1.165) is 15.1 Å². The van der Waals surface area contributed by atoms with Crippen molar-refractivity contribution in [3.8, 4) is 0 Å². The van der Waals surface area contributed by atoms with E-state index in [2.05, 4.69) is 21.2 Å². The molecule has 1 aromatic heterocycles. The molecule has 1 saturated heterocycles. The molecule has 1 N–H and O–H groups in total. The zero-order valence-corrected chi connectivity index (χ0v) is 12.2. The van der Waals surface area contributed by atoms with Gasteiger partial charge in [-0.15, -0.1) is 11.3 Å². The molecule has 1 fully saturated rings. The van der Waals surface area contributed by atoms with Crippen LogP contribution in [0.1, 0.15) is 6.92 Å². The first kappa shape index (κ1) is 13.0. The second kappa shape index (κ2) is 4.68. The van der Waals surface area contributed by atoms with Gasteiger partial charge in [0.1, 0.15) is 10.3 Å². The Bertz CT molecular complexity index is 540.